The number of nitriles is 3. The van der Waals surface area contributed by atoms with Gasteiger partial charge in [-0.25, -0.2) is 28.7 Å². The first kappa shape index (κ1) is 66.7. The minimum Gasteiger partial charge on any atom is -0.545 e. The lowest BCUT2D eigenvalue weighted by Gasteiger charge is -2.13. The second-order valence-electron chi connectivity index (χ2n) is 19.4. The van der Waals surface area contributed by atoms with Crippen molar-refractivity contribution in [2.75, 3.05) is 0 Å². The Bertz CT molecular complexity index is 2030. The molecule has 0 atom stereocenters. The van der Waals surface area contributed by atoms with Crippen LogP contribution in [0.1, 0.15) is 262 Å². The molecule has 0 saturated heterocycles. The van der Waals surface area contributed by atoms with Gasteiger partial charge >= 0.3 is 0 Å². The average Bonchev–Trinajstić information content (AvgIpc) is 4.19. The quantitative estimate of drug-likeness (QED) is 0.0284. The molecule has 0 spiro atoms. The third-order valence-corrected chi connectivity index (χ3v) is 13.2. The van der Waals surface area contributed by atoms with Crippen LogP contribution in [0.15, 0.2) is 55.4 Å². The summed E-state index contributed by atoms with van der Waals surface area (Å²) < 4.78 is 6.79. The molecule has 15 nitrogen and oxygen atoms in total. The molecule has 0 saturated carbocycles. The third-order valence-electron chi connectivity index (χ3n) is 13.2. The lowest BCUT2D eigenvalue weighted by Crippen LogP contribution is -2.36. The fourth-order valence-electron chi connectivity index (χ4n) is 8.78. The Morgan fingerprint density at radius 2 is 0.693 bits per heavy atom. The van der Waals surface area contributed by atoms with E-state index in [9.17, 15) is 29.7 Å². The predicted octanol–water partition coefficient (Wildman–Crippen LogP) is 9.64. The number of benzene rings is 1. The number of carboxylic acid groups (broad SMARTS) is 3. The van der Waals surface area contributed by atoms with Crippen LogP contribution in [0.5, 0.6) is 0 Å². The molecular weight excluding hydrogens is 943 g/mol. The van der Waals surface area contributed by atoms with Gasteiger partial charge in [-0.3, -0.25) is 0 Å². The van der Waals surface area contributed by atoms with E-state index in [4.69, 9.17) is 15.8 Å². The van der Waals surface area contributed by atoms with Crippen LogP contribution in [0.4, 0.5) is 0 Å². The van der Waals surface area contributed by atoms with Crippen molar-refractivity contribution >= 4 is 17.9 Å². The number of aryl methyl sites for hydroxylation is 6. The van der Waals surface area contributed by atoms with Gasteiger partial charge in [-0.15, -0.1) is 0 Å². The molecule has 4 aromatic rings. The molecule has 1 aromatic carbocycles. The Kier molecular flexibility index (Phi) is 41.2. The van der Waals surface area contributed by atoms with Crippen molar-refractivity contribution in [3.05, 3.63) is 89.5 Å². The molecule has 0 bridgehead atoms. The summed E-state index contributed by atoms with van der Waals surface area (Å²) >= 11 is 0. The number of imidazole rings is 3. The van der Waals surface area contributed by atoms with Crippen molar-refractivity contribution < 1.29 is 43.4 Å². The molecule has 0 aliphatic rings. The zero-order chi connectivity index (χ0) is 55.0. The summed E-state index contributed by atoms with van der Waals surface area (Å²) in [6, 6.07) is 8.98. The second-order valence-corrected chi connectivity index (χ2v) is 19.4. The highest BCUT2D eigenvalue weighted by Gasteiger charge is 2.12. The minimum absolute atomic E-state index is 0.445. The van der Waals surface area contributed by atoms with Crippen LogP contribution < -0.4 is 29.0 Å². The predicted molar refractivity (Wildman–Crippen MR) is 286 cm³/mol. The number of nitrogens with zero attached hydrogens (tertiary/aromatic N) is 6. The number of aromatic amines is 3. The van der Waals surface area contributed by atoms with E-state index in [2.05, 4.69) is 86.2 Å². The summed E-state index contributed by atoms with van der Waals surface area (Å²) in [4.78, 5) is 41.0. The SMILES string of the molecule is CCCCCCCCCCC[n+]1cc[nH]c1CCC#N.CCCCCCCCCCC[n+]1cc[nH]c1CCC#N.CCCCCCCCCCC[n+]1cc[nH]c1CCC#N.O=C([O-])c1ccc(C(=O)[O-])c(C(=O)[O-])c1. The first-order chi connectivity index (χ1) is 36.6. The third kappa shape index (κ3) is 33.3. The maximum Gasteiger partial charge on any atom is 0.255 e. The van der Waals surface area contributed by atoms with Crippen molar-refractivity contribution in [3.8, 4) is 18.2 Å². The van der Waals surface area contributed by atoms with Crippen molar-refractivity contribution in [1.29, 1.82) is 15.8 Å². The van der Waals surface area contributed by atoms with E-state index < -0.39 is 34.6 Å². The second kappa shape index (κ2) is 46.3. The van der Waals surface area contributed by atoms with Gasteiger partial charge in [0.1, 0.15) is 37.2 Å². The smallest absolute Gasteiger partial charge is 0.255 e. The topological polar surface area (TPSA) is 251 Å². The summed E-state index contributed by atoms with van der Waals surface area (Å²) in [7, 11) is 0. The molecule has 0 amide bonds. The molecule has 3 N–H and O–H groups in total. The molecule has 0 unspecified atom stereocenters. The summed E-state index contributed by atoms with van der Waals surface area (Å²) in [6.45, 7) is 10.1. The summed E-state index contributed by atoms with van der Waals surface area (Å²) in [5, 5.41) is 57.2. The summed E-state index contributed by atoms with van der Waals surface area (Å²) in [5.74, 6) is -1.57. The lowest BCUT2D eigenvalue weighted by atomic mass is 10.0. The molecule has 0 radical (unpaired) electrons. The van der Waals surface area contributed by atoms with Crippen LogP contribution >= 0.6 is 0 Å². The van der Waals surface area contributed by atoms with E-state index in [1.165, 1.54) is 191 Å². The average molecular weight is 1040 g/mol. The molecule has 3 aromatic heterocycles. The largest absolute Gasteiger partial charge is 0.545 e. The number of aromatic nitrogens is 6. The number of carboxylic acids is 3. The van der Waals surface area contributed by atoms with Gasteiger partial charge in [-0.1, -0.05) is 168 Å². The Morgan fingerprint density at radius 1 is 0.413 bits per heavy atom. The number of H-pyrrole nitrogens is 3. The van der Waals surface area contributed by atoms with Crippen LogP contribution in [0.3, 0.4) is 0 Å². The van der Waals surface area contributed by atoms with Crippen molar-refractivity contribution in [1.82, 2.24) is 15.0 Å². The Hall–Kier alpha value is -6.27. The number of rotatable bonds is 39. The molecule has 75 heavy (non-hydrogen) atoms. The molecular formula is C60H93N9O6. The van der Waals surface area contributed by atoms with Crippen LogP contribution in [0.25, 0.3) is 0 Å². The standard InChI is InChI=1S/3C17H29N3.C9H6O6/c3*1-2-3-4-5-6-7-8-9-10-15-20-16-14-19-17(20)12-11-13-18;10-7(11)4-1-2-5(8(12)13)6(3-4)9(14)15/h3*14,16H,2-12,15H2,1H3;1-3H,(H,10,11)(H,12,13)(H,14,15). The van der Waals surface area contributed by atoms with Crippen molar-refractivity contribution in [2.24, 2.45) is 0 Å². The molecule has 0 fully saturated rings. The molecule has 0 aliphatic carbocycles. The van der Waals surface area contributed by atoms with E-state index in [1.807, 2.05) is 18.6 Å². The van der Waals surface area contributed by atoms with Gasteiger partial charge in [0.15, 0.2) is 0 Å². The van der Waals surface area contributed by atoms with Gasteiger partial charge in [0.05, 0.1) is 75.0 Å². The first-order valence-corrected chi connectivity index (χ1v) is 28.6. The number of carbonyl (C=O) groups is 3. The van der Waals surface area contributed by atoms with E-state index >= 15 is 0 Å². The van der Waals surface area contributed by atoms with Crippen molar-refractivity contribution in [2.45, 2.75) is 252 Å². The van der Waals surface area contributed by atoms with Gasteiger partial charge in [-0.05, 0) is 50.2 Å². The van der Waals surface area contributed by atoms with Gasteiger partial charge in [-0.2, -0.15) is 15.8 Å². The normalized spacial score (nSPS) is 10.4. The molecule has 3 heterocycles. The number of hydrogen-bond acceptors (Lipinski definition) is 9. The van der Waals surface area contributed by atoms with Crippen molar-refractivity contribution in [3.63, 3.8) is 0 Å². The highest BCUT2D eigenvalue weighted by atomic mass is 16.4. The maximum atomic E-state index is 10.5. The van der Waals surface area contributed by atoms with E-state index in [1.54, 1.807) is 0 Å². The first-order valence-electron chi connectivity index (χ1n) is 28.6. The molecule has 0 aliphatic heterocycles. The van der Waals surface area contributed by atoms with E-state index in [0.29, 0.717) is 25.3 Å². The Balaban J connectivity index is 0.000000503. The maximum absolute atomic E-state index is 10.5. The monoisotopic (exact) mass is 1040 g/mol. The Labute approximate surface area is 450 Å². The fraction of sp³-hybridized carbons (Fsp3) is 0.650. The zero-order valence-electron chi connectivity index (χ0n) is 46.3. The van der Waals surface area contributed by atoms with Crippen LogP contribution in [0.2, 0.25) is 0 Å². The van der Waals surface area contributed by atoms with Gasteiger partial charge < -0.3 is 29.7 Å². The van der Waals surface area contributed by atoms with Gasteiger partial charge in [0, 0.05) is 30.4 Å². The number of nitrogens with one attached hydrogen (secondary N) is 3. The Morgan fingerprint density at radius 3 is 0.947 bits per heavy atom. The summed E-state index contributed by atoms with van der Waals surface area (Å²) in [6.07, 6.45) is 53.4. The fourth-order valence-corrected chi connectivity index (χ4v) is 8.78. The number of carbonyl (C=O) groups excluding carboxylic acids is 3. The molecule has 4 rings (SSSR count). The molecule has 414 valence electrons. The van der Waals surface area contributed by atoms with Gasteiger partial charge in [0.2, 0.25) is 0 Å². The van der Waals surface area contributed by atoms with E-state index in [0.717, 1.165) is 51.0 Å². The minimum atomic E-state index is -1.79. The highest BCUT2D eigenvalue weighted by molar-refractivity contribution is 6.02. The molecule has 15 heteroatoms. The number of hydrogen-bond donors (Lipinski definition) is 3. The van der Waals surface area contributed by atoms with Gasteiger partial charge in [0.25, 0.3) is 17.5 Å². The van der Waals surface area contributed by atoms with Crippen LogP contribution in [0, 0.1) is 34.0 Å². The van der Waals surface area contributed by atoms with Crippen LogP contribution in [-0.4, -0.2) is 32.9 Å². The number of aromatic carboxylic acids is 3. The van der Waals surface area contributed by atoms with Crippen LogP contribution in [-0.2, 0) is 38.9 Å². The lowest BCUT2D eigenvalue weighted by molar-refractivity contribution is -0.703. The summed E-state index contributed by atoms with van der Waals surface area (Å²) in [5.41, 5.74) is -1.84. The van der Waals surface area contributed by atoms with E-state index in [-0.39, 0.29) is 0 Å². The highest BCUT2D eigenvalue weighted by Crippen LogP contribution is 2.13. The zero-order valence-corrected chi connectivity index (χ0v) is 46.3. The number of unbranched alkanes of at least 4 members (excludes halogenated alkanes) is 24.